The van der Waals surface area contributed by atoms with E-state index in [-0.39, 0.29) is 12.5 Å². The number of hydrogen-bond acceptors (Lipinski definition) is 4. The van der Waals surface area contributed by atoms with Gasteiger partial charge in [0.25, 0.3) is 5.91 Å². The number of aliphatic imine (C=N–C) groups is 1. The number of rotatable bonds is 10. The zero-order valence-corrected chi connectivity index (χ0v) is 18.3. The summed E-state index contributed by atoms with van der Waals surface area (Å²) in [5.41, 5.74) is 2.24. The summed E-state index contributed by atoms with van der Waals surface area (Å²) < 4.78 is 10.8. The summed E-state index contributed by atoms with van der Waals surface area (Å²) in [6.45, 7) is 4.13. The average Bonchev–Trinajstić information content (AvgIpc) is 2.76. The van der Waals surface area contributed by atoms with E-state index in [0.717, 1.165) is 36.8 Å². The zero-order chi connectivity index (χ0) is 21.8. The SMILES string of the molecule is CCNC(=NCc1cccc(OCC(=O)N(C)C)c1)NCCc1ccc(OC)cc1. The number of nitrogens with one attached hydrogen (secondary N) is 2. The van der Waals surface area contributed by atoms with Gasteiger partial charge in [-0.3, -0.25) is 4.79 Å². The van der Waals surface area contributed by atoms with Gasteiger partial charge in [-0.25, -0.2) is 4.99 Å². The minimum absolute atomic E-state index is 0.0231. The first kappa shape index (κ1) is 23.1. The molecule has 2 aromatic rings. The number of carbonyl (C=O) groups is 1. The Morgan fingerprint density at radius 1 is 1.03 bits per heavy atom. The fraction of sp³-hybridized carbons (Fsp3) is 0.391. The smallest absolute Gasteiger partial charge is 0.259 e. The first-order chi connectivity index (χ1) is 14.5. The molecule has 2 rings (SSSR count). The molecule has 0 spiro atoms. The second-order valence-corrected chi connectivity index (χ2v) is 6.94. The van der Waals surface area contributed by atoms with Gasteiger partial charge in [0.05, 0.1) is 13.7 Å². The summed E-state index contributed by atoms with van der Waals surface area (Å²) in [5.74, 6) is 2.21. The Labute approximate surface area is 179 Å². The summed E-state index contributed by atoms with van der Waals surface area (Å²) in [7, 11) is 5.09. The van der Waals surface area contributed by atoms with E-state index in [1.54, 1.807) is 21.2 Å². The summed E-state index contributed by atoms with van der Waals surface area (Å²) in [6, 6.07) is 15.7. The molecule has 30 heavy (non-hydrogen) atoms. The molecule has 0 saturated heterocycles. The van der Waals surface area contributed by atoms with Gasteiger partial charge >= 0.3 is 0 Å². The van der Waals surface area contributed by atoms with E-state index in [1.165, 1.54) is 10.5 Å². The molecule has 7 heteroatoms. The summed E-state index contributed by atoms with van der Waals surface area (Å²) in [4.78, 5) is 17.8. The summed E-state index contributed by atoms with van der Waals surface area (Å²) >= 11 is 0. The van der Waals surface area contributed by atoms with Gasteiger partial charge in [-0.1, -0.05) is 24.3 Å². The highest BCUT2D eigenvalue weighted by Crippen LogP contribution is 2.14. The van der Waals surface area contributed by atoms with Gasteiger partial charge in [-0.05, 0) is 48.7 Å². The van der Waals surface area contributed by atoms with Crippen LogP contribution in [0.5, 0.6) is 11.5 Å². The van der Waals surface area contributed by atoms with Crippen molar-refractivity contribution in [3.8, 4) is 11.5 Å². The topological polar surface area (TPSA) is 75.2 Å². The molecule has 0 heterocycles. The molecular formula is C23H32N4O3. The molecule has 0 aliphatic carbocycles. The van der Waals surface area contributed by atoms with Gasteiger partial charge in [-0.15, -0.1) is 0 Å². The molecule has 0 aliphatic rings. The Morgan fingerprint density at radius 3 is 2.47 bits per heavy atom. The highest BCUT2D eigenvalue weighted by molar-refractivity contribution is 5.79. The summed E-state index contributed by atoms with van der Waals surface area (Å²) in [6.07, 6.45) is 0.887. The van der Waals surface area contributed by atoms with Crippen LogP contribution in [0.15, 0.2) is 53.5 Å². The number of nitrogens with zero attached hydrogens (tertiary/aromatic N) is 2. The molecule has 7 nitrogen and oxygen atoms in total. The zero-order valence-electron chi connectivity index (χ0n) is 18.3. The summed E-state index contributed by atoms with van der Waals surface area (Å²) in [5, 5.41) is 6.62. The molecule has 0 aromatic heterocycles. The molecule has 0 atom stereocenters. The van der Waals surface area contributed by atoms with Gasteiger partial charge in [0.15, 0.2) is 12.6 Å². The number of ether oxygens (including phenoxy) is 2. The first-order valence-corrected chi connectivity index (χ1v) is 10.1. The third-order valence-corrected chi connectivity index (χ3v) is 4.39. The van der Waals surface area contributed by atoms with E-state index in [1.807, 2.05) is 43.3 Å². The maximum Gasteiger partial charge on any atom is 0.259 e. The van der Waals surface area contributed by atoms with Gasteiger partial charge in [0.2, 0.25) is 0 Å². The molecule has 0 aliphatic heterocycles. The molecule has 2 aromatic carbocycles. The molecule has 0 saturated carbocycles. The van der Waals surface area contributed by atoms with Crippen molar-refractivity contribution in [3.05, 3.63) is 59.7 Å². The Kier molecular flexibility index (Phi) is 9.51. The van der Waals surface area contributed by atoms with E-state index in [4.69, 9.17) is 9.47 Å². The highest BCUT2D eigenvalue weighted by atomic mass is 16.5. The monoisotopic (exact) mass is 412 g/mol. The van der Waals surface area contributed by atoms with Gasteiger partial charge in [0.1, 0.15) is 11.5 Å². The minimum Gasteiger partial charge on any atom is -0.497 e. The first-order valence-electron chi connectivity index (χ1n) is 10.1. The van der Waals surface area contributed by atoms with Crippen molar-refractivity contribution in [3.63, 3.8) is 0 Å². The Balaban J connectivity index is 1.88. The predicted octanol–water partition coefficient (Wildman–Crippen LogP) is 2.46. The third-order valence-electron chi connectivity index (χ3n) is 4.39. The van der Waals surface area contributed by atoms with Crippen LogP contribution in [0.3, 0.4) is 0 Å². The van der Waals surface area contributed by atoms with Gasteiger partial charge in [0, 0.05) is 27.2 Å². The molecule has 0 radical (unpaired) electrons. The van der Waals surface area contributed by atoms with Crippen LogP contribution >= 0.6 is 0 Å². The second kappa shape index (κ2) is 12.4. The van der Waals surface area contributed by atoms with Crippen molar-refractivity contribution in [2.45, 2.75) is 19.9 Å². The van der Waals surface area contributed by atoms with E-state index in [9.17, 15) is 4.79 Å². The fourth-order valence-corrected chi connectivity index (χ4v) is 2.64. The average molecular weight is 413 g/mol. The number of amides is 1. The third kappa shape index (κ3) is 8.03. The van der Waals surface area contributed by atoms with Crippen molar-refractivity contribution in [1.29, 1.82) is 0 Å². The van der Waals surface area contributed by atoms with Crippen molar-refractivity contribution >= 4 is 11.9 Å². The van der Waals surface area contributed by atoms with E-state index in [0.29, 0.717) is 12.3 Å². The predicted molar refractivity (Wildman–Crippen MR) is 120 cm³/mol. The molecule has 0 bridgehead atoms. The number of benzene rings is 2. The molecule has 2 N–H and O–H groups in total. The lowest BCUT2D eigenvalue weighted by Gasteiger charge is -2.13. The Bertz CT molecular complexity index is 819. The largest absolute Gasteiger partial charge is 0.497 e. The van der Waals surface area contributed by atoms with E-state index < -0.39 is 0 Å². The maximum atomic E-state index is 11.7. The Hall–Kier alpha value is -3.22. The van der Waals surface area contributed by atoms with Gasteiger partial charge in [-0.2, -0.15) is 0 Å². The number of carbonyl (C=O) groups excluding carboxylic acids is 1. The highest BCUT2D eigenvalue weighted by Gasteiger charge is 2.05. The molecule has 0 unspecified atom stereocenters. The van der Waals surface area contributed by atoms with Crippen LogP contribution in [0, 0.1) is 0 Å². The van der Waals surface area contributed by atoms with Crippen LogP contribution in [0.2, 0.25) is 0 Å². The minimum atomic E-state index is -0.0751. The van der Waals surface area contributed by atoms with E-state index in [2.05, 4.69) is 27.8 Å². The van der Waals surface area contributed by atoms with Crippen molar-refractivity contribution in [2.75, 3.05) is 40.9 Å². The molecular weight excluding hydrogens is 380 g/mol. The number of guanidine groups is 1. The van der Waals surface area contributed by atoms with E-state index >= 15 is 0 Å². The van der Waals surface area contributed by atoms with Crippen LogP contribution < -0.4 is 20.1 Å². The lowest BCUT2D eigenvalue weighted by Crippen LogP contribution is -2.38. The maximum absolute atomic E-state index is 11.7. The van der Waals surface area contributed by atoms with Crippen LogP contribution in [-0.4, -0.2) is 57.7 Å². The van der Waals surface area contributed by atoms with Gasteiger partial charge < -0.3 is 25.0 Å². The Morgan fingerprint density at radius 2 is 1.80 bits per heavy atom. The second-order valence-electron chi connectivity index (χ2n) is 6.94. The van der Waals surface area contributed by atoms with Crippen molar-refractivity contribution in [2.24, 2.45) is 4.99 Å². The molecule has 0 fully saturated rings. The molecule has 1 amide bonds. The standard InChI is InChI=1S/C23H32N4O3/c1-5-24-23(25-14-13-18-9-11-20(29-4)12-10-18)26-16-19-7-6-8-21(15-19)30-17-22(28)27(2)3/h6-12,15H,5,13-14,16-17H2,1-4H3,(H2,24,25,26). The lowest BCUT2D eigenvalue weighted by atomic mass is 10.1. The van der Waals surface area contributed by atoms with Crippen LogP contribution in [-0.2, 0) is 17.8 Å². The van der Waals surface area contributed by atoms with Crippen LogP contribution in [0.4, 0.5) is 0 Å². The van der Waals surface area contributed by atoms with Crippen molar-refractivity contribution < 1.29 is 14.3 Å². The number of methoxy groups -OCH3 is 1. The van der Waals surface area contributed by atoms with Crippen LogP contribution in [0.25, 0.3) is 0 Å². The lowest BCUT2D eigenvalue weighted by molar-refractivity contribution is -0.130. The molecule has 162 valence electrons. The van der Waals surface area contributed by atoms with Crippen LogP contribution in [0.1, 0.15) is 18.1 Å². The van der Waals surface area contributed by atoms with Crippen molar-refractivity contribution in [1.82, 2.24) is 15.5 Å². The quantitative estimate of drug-likeness (QED) is 0.463. The normalized spacial score (nSPS) is 11.0. The fourth-order valence-electron chi connectivity index (χ4n) is 2.64. The number of hydrogen-bond donors (Lipinski definition) is 2. The number of likely N-dealkylation sites (N-methyl/N-ethyl adjacent to an activating group) is 1.